The van der Waals surface area contributed by atoms with Crippen molar-refractivity contribution in [3.63, 3.8) is 0 Å². The van der Waals surface area contributed by atoms with Crippen LogP contribution in [0.3, 0.4) is 0 Å². The third-order valence-electron chi connectivity index (χ3n) is 2.62. The van der Waals surface area contributed by atoms with Gasteiger partial charge in [0.05, 0.1) is 0 Å². The molecule has 0 unspecified atom stereocenters. The molecule has 0 saturated heterocycles. The lowest BCUT2D eigenvalue weighted by Gasteiger charge is -2.08. The third-order valence-corrected chi connectivity index (χ3v) is 2.62. The first kappa shape index (κ1) is 12.7. The first-order valence-corrected chi connectivity index (χ1v) is 5.79. The Morgan fingerprint density at radius 2 is 2.06 bits per heavy atom. The van der Waals surface area contributed by atoms with Crippen molar-refractivity contribution < 1.29 is 0 Å². The Bertz CT molecular complexity index is 334. The Kier molecular flexibility index (Phi) is 5.57. The maximum atomic E-state index is 5.59. The van der Waals surface area contributed by atoms with Crippen molar-refractivity contribution in [3.8, 4) is 0 Å². The molecule has 1 rings (SSSR count). The van der Waals surface area contributed by atoms with E-state index in [0.29, 0.717) is 0 Å². The van der Waals surface area contributed by atoms with Gasteiger partial charge in [-0.05, 0) is 55.8 Å². The number of nitrogens with two attached hydrogens (primary N) is 2. The lowest BCUT2D eigenvalue weighted by Crippen LogP contribution is -2.02. The van der Waals surface area contributed by atoms with Crippen molar-refractivity contribution in [2.24, 2.45) is 11.5 Å². The Hall–Kier alpha value is -1.35. The Labute approximate surface area is 97.6 Å². The number of aryl methyl sites for hydroxylation is 2. The van der Waals surface area contributed by atoms with Gasteiger partial charge in [-0.3, -0.25) is 4.98 Å². The summed E-state index contributed by atoms with van der Waals surface area (Å²) in [4.78, 5) is 4.17. The van der Waals surface area contributed by atoms with Crippen molar-refractivity contribution in [2.45, 2.75) is 32.1 Å². The molecule has 0 radical (unpaired) electrons. The molecule has 0 aromatic carbocycles. The van der Waals surface area contributed by atoms with Crippen molar-refractivity contribution in [1.29, 1.82) is 0 Å². The van der Waals surface area contributed by atoms with Gasteiger partial charge in [-0.1, -0.05) is 6.58 Å². The van der Waals surface area contributed by atoms with Crippen LogP contribution in [0.25, 0.3) is 0 Å². The summed E-state index contributed by atoms with van der Waals surface area (Å²) >= 11 is 0. The lowest BCUT2D eigenvalue weighted by molar-refractivity contribution is 0.735. The van der Waals surface area contributed by atoms with E-state index in [1.165, 1.54) is 11.1 Å². The zero-order valence-electron chi connectivity index (χ0n) is 9.78. The molecule has 1 aromatic rings. The average Bonchev–Trinajstić information content (AvgIpc) is 2.28. The summed E-state index contributed by atoms with van der Waals surface area (Å²) in [5.74, 6) is 0. The van der Waals surface area contributed by atoms with E-state index in [1.54, 1.807) is 0 Å². The van der Waals surface area contributed by atoms with E-state index in [-0.39, 0.29) is 0 Å². The second kappa shape index (κ2) is 7.01. The van der Waals surface area contributed by atoms with Gasteiger partial charge in [-0.25, -0.2) is 0 Å². The molecule has 88 valence electrons. The summed E-state index contributed by atoms with van der Waals surface area (Å²) in [6, 6.07) is 2.07. The molecule has 0 fully saturated rings. The van der Waals surface area contributed by atoms with Crippen LogP contribution in [0.5, 0.6) is 0 Å². The molecule has 0 spiro atoms. The molecule has 1 heterocycles. The summed E-state index contributed by atoms with van der Waals surface area (Å²) in [7, 11) is 0. The topological polar surface area (TPSA) is 64.9 Å². The van der Waals surface area contributed by atoms with Crippen molar-refractivity contribution in [2.75, 3.05) is 6.54 Å². The minimum absolute atomic E-state index is 0.740. The Morgan fingerprint density at radius 3 is 2.75 bits per heavy atom. The van der Waals surface area contributed by atoms with Crippen molar-refractivity contribution in [3.05, 3.63) is 41.9 Å². The maximum absolute atomic E-state index is 5.59. The first-order valence-electron chi connectivity index (χ1n) is 5.79. The third kappa shape index (κ3) is 4.45. The number of nitrogens with zero attached hydrogens (tertiary/aromatic N) is 1. The fraction of sp³-hybridized carbons (Fsp3) is 0.462. The average molecular weight is 219 g/mol. The minimum atomic E-state index is 0.740. The molecule has 4 N–H and O–H groups in total. The van der Waals surface area contributed by atoms with Crippen LogP contribution < -0.4 is 11.5 Å². The van der Waals surface area contributed by atoms with Crippen LogP contribution in [-0.2, 0) is 12.8 Å². The summed E-state index contributed by atoms with van der Waals surface area (Å²) in [5, 5.41) is 0. The van der Waals surface area contributed by atoms with Crippen LogP contribution in [0.4, 0.5) is 0 Å². The van der Waals surface area contributed by atoms with E-state index < -0.39 is 0 Å². The molecule has 0 aliphatic heterocycles. The van der Waals surface area contributed by atoms with E-state index in [1.807, 2.05) is 12.4 Å². The second-order valence-electron chi connectivity index (χ2n) is 4.05. The summed E-state index contributed by atoms with van der Waals surface area (Å²) < 4.78 is 0. The Balaban J connectivity index is 2.56. The van der Waals surface area contributed by atoms with Crippen molar-refractivity contribution >= 4 is 0 Å². The van der Waals surface area contributed by atoms with Gasteiger partial charge in [0.1, 0.15) is 0 Å². The standard InChI is InChI=1S/C13H21N3/c1-11(15)5-6-12-7-9-16-10-13(12)4-2-3-8-14/h7,9-10H,1-6,8,14-15H2. The number of hydrogen-bond donors (Lipinski definition) is 2. The zero-order chi connectivity index (χ0) is 11.8. The maximum Gasteiger partial charge on any atom is 0.0302 e. The second-order valence-corrected chi connectivity index (χ2v) is 4.05. The minimum Gasteiger partial charge on any atom is -0.403 e. The fourth-order valence-corrected chi connectivity index (χ4v) is 1.68. The number of pyridine rings is 1. The highest BCUT2D eigenvalue weighted by atomic mass is 14.6. The summed E-state index contributed by atoms with van der Waals surface area (Å²) in [6.07, 6.45) is 8.82. The number of aromatic nitrogens is 1. The lowest BCUT2D eigenvalue weighted by atomic mass is 10.0. The van der Waals surface area contributed by atoms with Gasteiger partial charge in [0.15, 0.2) is 0 Å². The molecule has 0 atom stereocenters. The largest absolute Gasteiger partial charge is 0.403 e. The van der Waals surface area contributed by atoms with Crippen LogP contribution >= 0.6 is 0 Å². The normalized spacial score (nSPS) is 10.3. The van der Waals surface area contributed by atoms with E-state index in [9.17, 15) is 0 Å². The molecule has 0 saturated carbocycles. The summed E-state index contributed by atoms with van der Waals surface area (Å²) in [6.45, 7) is 4.48. The highest BCUT2D eigenvalue weighted by Gasteiger charge is 2.02. The van der Waals surface area contributed by atoms with Crippen molar-refractivity contribution in [1.82, 2.24) is 4.98 Å². The molecule has 1 aromatic heterocycles. The van der Waals surface area contributed by atoms with Gasteiger partial charge in [-0.2, -0.15) is 0 Å². The molecule has 3 nitrogen and oxygen atoms in total. The van der Waals surface area contributed by atoms with E-state index in [0.717, 1.165) is 44.3 Å². The molecular weight excluding hydrogens is 198 g/mol. The molecule has 16 heavy (non-hydrogen) atoms. The zero-order valence-corrected chi connectivity index (χ0v) is 9.78. The van der Waals surface area contributed by atoms with Gasteiger partial charge in [-0.15, -0.1) is 0 Å². The van der Waals surface area contributed by atoms with Crippen LogP contribution in [0, 0.1) is 0 Å². The molecule has 0 aliphatic carbocycles. The molecule has 0 bridgehead atoms. The smallest absolute Gasteiger partial charge is 0.0302 e. The highest BCUT2D eigenvalue weighted by molar-refractivity contribution is 5.24. The van der Waals surface area contributed by atoms with Gasteiger partial charge in [0.2, 0.25) is 0 Å². The monoisotopic (exact) mass is 219 g/mol. The first-order chi connectivity index (χ1) is 7.74. The number of allylic oxidation sites excluding steroid dienone is 1. The Morgan fingerprint density at radius 1 is 1.25 bits per heavy atom. The van der Waals surface area contributed by atoms with E-state index >= 15 is 0 Å². The number of rotatable bonds is 7. The SMILES string of the molecule is C=C(N)CCc1ccncc1CCCCN. The molecule has 3 heteroatoms. The van der Waals surface area contributed by atoms with Crippen LogP contribution in [0.1, 0.15) is 30.4 Å². The summed E-state index contributed by atoms with van der Waals surface area (Å²) in [5.41, 5.74) is 14.5. The molecule has 0 aliphatic rings. The van der Waals surface area contributed by atoms with Crippen LogP contribution in [0.2, 0.25) is 0 Å². The van der Waals surface area contributed by atoms with Gasteiger partial charge in [0.25, 0.3) is 0 Å². The van der Waals surface area contributed by atoms with Gasteiger partial charge < -0.3 is 11.5 Å². The van der Waals surface area contributed by atoms with Crippen LogP contribution in [0.15, 0.2) is 30.7 Å². The highest BCUT2D eigenvalue weighted by Crippen LogP contribution is 2.13. The van der Waals surface area contributed by atoms with Gasteiger partial charge in [0, 0.05) is 18.1 Å². The van der Waals surface area contributed by atoms with E-state index in [4.69, 9.17) is 11.5 Å². The quantitative estimate of drug-likeness (QED) is 0.687. The predicted molar refractivity (Wildman–Crippen MR) is 67.9 cm³/mol. The van der Waals surface area contributed by atoms with Gasteiger partial charge >= 0.3 is 0 Å². The molecular formula is C13H21N3. The molecule has 0 amide bonds. The van der Waals surface area contributed by atoms with Crippen LogP contribution in [-0.4, -0.2) is 11.5 Å². The van der Waals surface area contributed by atoms with E-state index in [2.05, 4.69) is 17.6 Å². The predicted octanol–water partition coefficient (Wildman–Crippen LogP) is 1.77. The number of unbranched alkanes of at least 4 members (excludes halogenated alkanes) is 1. The number of hydrogen-bond acceptors (Lipinski definition) is 3. The fourth-order valence-electron chi connectivity index (χ4n) is 1.68.